The molecule has 1 atom stereocenters. The Morgan fingerprint density at radius 1 is 1.27 bits per heavy atom. The van der Waals surface area contributed by atoms with Crippen molar-refractivity contribution < 1.29 is 0 Å². The lowest BCUT2D eigenvalue weighted by Gasteiger charge is -2.13. The smallest absolute Gasteiger partial charge is 0.0169 e. The highest BCUT2D eigenvalue weighted by Crippen LogP contribution is 2.11. The molecule has 0 fully saturated rings. The van der Waals surface area contributed by atoms with Crippen molar-refractivity contribution in [1.29, 1.82) is 0 Å². The molecule has 0 aromatic carbocycles. The molecule has 68 valence electrons. The Bertz CT molecular complexity index is 76.0. The molecule has 11 heavy (non-hydrogen) atoms. The van der Waals surface area contributed by atoms with E-state index in [2.05, 4.69) is 25.4 Å². The summed E-state index contributed by atoms with van der Waals surface area (Å²) < 4.78 is 0. The van der Waals surface area contributed by atoms with Gasteiger partial charge in [-0.15, -0.1) is 0 Å². The molecule has 0 aliphatic carbocycles. The number of rotatable bonds is 7. The van der Waals surface area contributed by atoms with Crippen LogP contribution in [0.1, 0.15) is 33.1 Å². The van der Waals surface area contributed by atoms with Gasteiger partial charge in [0.25, 0.3) is 0 Å². The number of nitrogens with one attached hydrogen (secondary N) is 1. The third kappa shape index (κ3) is 6.70. The zero-order chi connectivity index (χ0) is 8.53. The molecule has 0 bridgehead atoms. The van der Waals surface area contributed by atoms with Crippen LogP contribution in [0.4, 0.5) is 0 Å². The first kappa shape index (κ1) is 11.3. The van der Waals surface area contributed by atoms with Gasteiger partial charge in [-0.3, -0.25) is 0 Å². The number of thioether (sulfide) groups is 1. The highest BCUT2D eigenvalue weighted by atomic mass is 32.2. The van der Waals surface area contributed by atoms with Gasteiger partial charge >= 0.3 is 0 Å². The summed E-state index contributed by atoms with van der Waals surface area (Å²) in [7, 11) is 0. The van der Waals surface area contributed by atoms with E-state index in [0.717, 1.165) is 5.25 Å². The summed E-state index contributed by atoms with van der Waals surface area (Å²) in [6, 6.07) is 0. The summed E-state index contributed by atoms with van der Waals surface area (Å²) in [5, 5.41) is 4.28. The van der Waals surface area contributed by atoms with Gasteiger partial charge in [-0.05, 0) is 25.6 Å². The van der Waals surface area contributed by atoms with Crippen molar-refractivity contribution in [1.82, 2.24) is 5.32 Å². The van der Waals surface area contributed by atoms with Crippen molar-refractivity contribution in [3.8, 4) is 0 Å². The van der Waals surface area contributed by atoms with Crippen molar-refractivity contribution >= 4 is 11.8 Å². The van der Waals surface area contributed by atoms with E-state index >= 15 is 0 Å². The van der Waals surface area contributed by atoms with E-state index in [-0.39, 0.29) is 0 Å². The van der Waals surface area contributed by atoms with Crippen LogP contribution in [0.15, 0.2) is 0 Å². The first-order valence-electron chi connectivity index (χ1n) is 4.58. The summed E-state index contributed by atoms with van der Waals surface area (Å²) in [6.07, 6.45) is 6.10. The van der Waals surface area contributed by atoms with Crippen molar-refractivity contribution in [2.75, 3.05) is 19.3 Å². The lowest BCUT2D eigenvalue weighted by atomic mass is 10.2. The largest absolute Gasteiger partial charge is 0.316 e. The van der Waals surface area contributed by atoms with E-state index in [9.17, 15) is 0 Å². The second-order valence-corrected chi connectivity index (χ2v) is 3.99. The first-order chi connectivity index (χ1) is 5.35. The molecule has 0 radical (unpaired) electrons. The van der Waals surface area contributed by atoms with E-state index in [1.807, 2.05) is 11.8 Å². The van der Waals surface area contributed by atoms with Crippen LogP contribution < -0.4 is 5.32 Å². The van der Waals surface area contributed by atoms with Crippen LogP contribution in [0, 0.1) is 0 Å². The molecule has 0 heterocycles. The highest BCUT2D eigenvalue weighted by molar-refractivity contribution is 7.99. The molecule has 1 unspecified atom stereocenters. The minimum absolute atomic E-state index is 0.826. The lowest BCUT2D eigenvalue weighted by molar-refractivity contribution is 0.623. The predicted molar refractivity (Wildman–Crippen MR) is 55.4 cm³/mol. The standard InChI is InChI=1S/C9H21NS/c1-4-6-9(11-3)8-10-7-5-2/h9-10H,4-8H2,1-3H3. The van der Waals surface area contributed by atoms with E-state index in [4.69, 9.17) is 0 Å². The number of hydrogen-bond acceptors (Lipinski definition) is 2. The summed E-state index contributed by atoms with van der Waals surface area (Å²) in [5.74, 6) is 0. The van der Waals surface area contributed by atoms with Crippen LogP contribution in [0.25, 0.3) is 0 Å². The van der Waals surface area contributed by atoms with Crippen LogP contribution in [0.3, 0.4) is 0 Å². The van der Waals surface area contributed by atoms with Gasteiger partial charge in [0.2, 0.25) is 0 Å². The van der Waals surface area contributed by atoms with Gasteiger partial charge in [0.05, 0.1) is 0 Å². The van der Waals surface area contributed by atoms with Gasteiger partial charge in [-0.2, -0.15) is 11.8 Å². The maximum absolute atomic E-state index is 3.45. The Kier molecular flexibility index (Phi) is 8.64. The van der Waals surface area contributed by atoms with Gasteiger partial charge in [-0.1, -0.05) is 20.3 Å². The molecule has 0 aliphatic rings. The van der Waals surface area contributed by atoms with Crippen molar-refractivity contribution in [2.45, 2.75) is 38.4 Å². The second-order valence-electron chi connectivity index (χ2n) is 2.85. The van der Waals surface area contributed by atoms with Crippen LogP contribution in [0.2, 0.25) is 0 Å². The predicted octanol–water partition coefficient (Wildman–Crippen LogP) is 2.52. The van der Waals surface area contributed by atoms with Gasteiger partial charge in [-0.25, -0.2) is 0 Å². The third-order valence-corrected chi connectivity index (χ3v) is 2.81. The van der Waals surface area contributed by atoms with Gasteiger partial charge in [0, 0.05) is 11.8 Å². The maximum Gasteiger partial charge on any atom is 0.0169 e. The van der Waals surface area contributed by atoms with E-state index in [0.29, 0.717) is 0 Å². The zero-order valence-electron chi connectivity index (χ0n) is 8.02. The second kappa shape index (κ2) is 8.41. The van der Waals surface area contributed by atoms with E-state index < -0.39 is 0 Å². The highest BCUT2D eigenvalue weighted by Gasteiger charge is 2.03. The molecular formula is C9H21NS. The zero-order valence-corrected chi connectivity index (χ0v) is 8.84. The molecule has 2 heteroatoms. The minimum atomic E-state index is 0.826. The Morgan fingerprint density at radius 3 is 2.45 bits per heavy atom. The molecule has 1 nitrogen and oxygen atoms in total. The van der Waals surface area contributed by atoms with Crippen molar-refractivity contribution in [2.24, 2.45) is 0 Å². The molecule has 0 saturated heterocycles. The Morgan fingerprint density at radius 2 is 2.00 bits per heavy atom. The molecule has 0 saturated carbocycles. The third-order valence-electron chi connectivity index (χ3n) is 1.74. The molecule has 0 rings (SSSR count). The van der Waals surface area contributed by atoms with E-state index in [1.165, 1.54) is 32.4 Å². The monoisotopic (exact) mass is 175 g/mol. The minimum Gasteiger partial charge on any atom is -0.316 e. The summed E-state index contributed by atoms with van der Waals surface area (Å²) in [5.41, 5.74) is 0. The summed E-state index contributed by atoms with van der Waals surface area (Å²) in [6.45, 7) is 6.81. The Hall–Kier alpha value is 0.310. The number of hydrogen-bond donors (Lipinski definition) is 1. The first-order valence-corrected chi connectivity index (χ1v) is 5.87. The van der Waals surface area contributed by atoms with Crippen LogP contribution in [-0.4, -0.2) is 24.6 Å². The van der Waals surface area contributed by atoms with Crippen molar-refractivity contribution in [3.05, 3.63) is 0 Å². The molecular weight excluding hydrogens is 154 g/mol. The maximum atomic E-state index is 3.45. The fourth-order valence-corrected chi connectivity index (χ4v) is 1.82. The Labute approximate surface area is 75.3 Å². The molecule has 0 amide bonds. The lowest BCUT2D eigenvalue weighted by Crippen LogP contribution is -2.25. The molecule has 0 spiro atoms. The SMILES string of the molecule is CCCNCC(CCC)SC. The average Bonchev–Trinajstić information content (AvgIpc) is 2.03. The summed E-state index contributed by atoms with van der Waals surface area (Å²) >= 11 is 1.98. The fraction of sp³-hybridized carbons (Fsp3) is 1.00. The van der Waals surface area contributed by atoms with E-state index in [1.54, 1.807) is 0 Å². The van der Waals surface area contributed by atoms with Crippen LogP contribution >= 0.6 is 11.8 Å². The molecule has 0 aromatic rings. The average molecular weight is 175 g/mol. The van der Waals surface area contributed by atoms with Gasteiger partial charge in [0.15, 0.2) is 0 Å². The normalized spacial score (nSPS) is 13.4. The molecule has 1 N–H and O–H groups in total. The Balaban J connectivity index is 3.20. The van der Waals surface area contributed by atoms with Crippen LogP contribution in [-0.2, 0) is 0 Å². The summed E-state index contributed by atoms with van der Waals surface area (Å²) in [4.78, 5) is 0. The van der Waals surface area contributed by atoms with Gasteiger partial charge in [0.1, 0.15) is 0 Å². The van der Waals surface area contributed by atoms with Crippen molar-refractivity contribution in [3.63, 3.8) is 0 Å². The molecule has 0 aromatic heterocycles. The topological polar surface area (TPSA) is 12.0 Å². The quantitative estimate of drug-likeness (QED) is 0.597. The molecule has 0 aliphatic heterocycles. The van der Waals surface area contributed by atoms with Gasteiger partial charge < -0.3 is 5.32 Å². The fourth-order valence-electron chi connectivity index (χ4n) is 1.07. The van der Waals surface area contributed by atoms with Crippen LogP contribution in [0.5, 0.6) is 0 Å².